The Morgan fingerprint density at radius 1 is 1.32 bits per heavy atom. The number of benzene rings is 1. The van der Waals surface area contributed by atoms with Gasteiger partial charge in [0.05, 0.1) is 11.9 Å². The van der Waals surface area contributed by atoms with Crippen molar-refractivity contribution in [2.75, 3.05) is 5.32 Å². The molecule has 3 aromatic rings. The Balaban J connectivity index is 1.49. The summed E-state index contributed by atoms with van der Waals surface area (Å²) in [6.07, 6.45) is 5.61. The predicted octanol–water partition coefficient (Wildman–Crippen LogP) is 3.57. The number of nitrogens with one attached hydrogen (secondary N) is 1. The van der Waals surface area contributed by atoms with Crippen LogP contribution in [0.25, 0.3) is 16.2 Å². The highest BCUT2D eigenvalue weighted by Gasteiger charge is 2.26. The molecule has 2 heterocycles. The van der Waals surface area contributed by atoms with Crippen LogP contribution < -0.4 is 11.1 Å². The minimum Gasteiger partial charge on any atom is -0.369 e. The quantitative estimate of drug-likeness (QED) is 0.730. The van der Waals surface area contributed by atoms with Crippen LogP contribution in [0.2, 0.25) is 5.02 Å². The van der Waals surface area contributed by atoms with Crippen LogP contribution in [0, 0.1) is 5.92 Å². The van der Waals surface area contributed by atoms with Crippen molar-refractivity contribution >= 4 is 38.9 Å². The lowest BCUT2D eigenvalue weighted by Gasteiger charge is -2.27. The number of imidazole rings is 1. The minimum absolute atomic E-state index is 0.0354. The molecule has 0 bridgehead atoms. The molecule has 8 heteroatoms. The van der Waals surface area contributed by atoms with E-state index < -0.39 is 0 Å². The molecule has 25 heavy (non-hydrogen) atoms. The van der Waals surface area contributed by atoms with Gasteiger partial charge in [-0.15, -0.1) is 5.10 Å². The second-order valence-electron chi connectivity index (χ2n) is 6.37. The number of nitrogens with zero attached hydrogens (tertiary/aromatic N) is 3. The Kier molecular flexibility index (Phi) is 4.35. The zero-order chi connectivity index (χ0) is 17.4. The lowest BCUT2D eigenvalue weighted by Crippen LogP contribution is -2.34. The van der Waals surface area contributed by atoms with Gasteiger partial charge in [0, 0.05) is 22.5 Å². The van der Waals surface area contributed by atoms with Crippen LogP contribution in [0.1, 0.15) is 25.7 Å². The third-order valence-corrected chi connectivity index (χ3v) is 5.69. The molecular weight excluding hydrogens is 358 g/mol. The van der Waals surface area contributed by atoms with Crippen molar-refractivity contribution in [1.82, 2.24) is 14.6 Å². The largest absolute Gasteiger partial charge is 0.369 e. The highest BCUT2D eigenvalue weighted by Crippen LogP contribution is 2.29. The molecule has 1 aliphatic rings. The summed E-state index contributed by atoms with van der Waals surface area (Å²) in [5, 5.41) is 9.51. The topological polar surface area (TPSA) is 85.3 Å². The van der Waals surface area contributed by atoms with Crippen molar-refractivity contribution in [2.24, 2.45) is 11.7 Å². The zero-order valence-corrected chi connectivity index (χ0v) is 15.1. The molecule has 1 aliphatic carbocycles. The lowest BCUT2D eigenvalue weighted by atomic mass is 9.85. The maximum absolute atomic E-state index is 11.4. The summed E-state index contributed by atoms with van der Waals surface area (Å²) in [6.45, 7) is 0. The molecule has 0 radical (unpaired) electrons. The molecule has 2 unspecified atom stereocenters. The Labute approximate surface area is 154 Å². The first kappa shape index (κ1) is 16.4. The molecule has 1 amide bonds. The van der Waals surface area contributed by atoms with E-state index >= 15 is 0 Å². The summed E-state index contributed by atoms with van der Waals surface area (Å²) in [4.78, 5) is 16.9. The van der Waals surface area contributed by atoms with Gasteiger partial charge < -0.3 is 11.1 Å². The second-order valence-corrected chi connectivity index (χ2v) is 7.77. The van der Waals surface area contributed by atoms with E-state index in [9.17, 15) is 4.79 Å². The average molecular weight is 376 g/mol. The number of primary amides is 1. The molecule has 0 spiro atoms. The minimum atomic E-state index is -0.201. The SMILES string of the molecule is NC(=O)C1CCCC(Nc2nn3cc(-c4ccc(Cl)cc4)nc3s2)C1. The molecule has 2 aromatic heterocycles. The number of amides is 1. The summed E-state index contributed by atoms with van der Waals surface area (Å²) in [6, 6.07) is 7.82. The van der Waals surface area contributed by atoms with Crippen LogP contribution in [0.4, 0.5) is 5.13 Å². The van der Waals surface area contributed by atoms with E-state index in [0.29, 0.717) is 5.02 Å². The number of anilines is 1. The normalized spacial score (nSPS) is 20.7. The number of halogens is 1. The highest BCUT2D eigenvalue weighted by molar-refractivity contribution is 7.20. The van der Waals surface area contributed by atoms with Crippen molar-refractivity contribution < 1.29 is 4.79 Å². The fraction of sp³-hybridized carbons (Fsp3) is 0.353. The number of nitrogens with two attached hydrogens (primary N) is 1. The first-order valence-corrected chi connectivity index (χ1v) is 9.46. The Bertz CT molecular complexity index is 872. The Morgan fingerprint density at radius 3 is 2.84 bits per heavy atom. The smallest absolute Gasteiger partial charge is 0.220 e. The second kappa shape index (κ2) is 6.65. The van der Waals surface area contributed by atoms with E-state index in [1.807, 2.05) is 30.5 Å². The number of fused-ring (bicyclic) bond motifs is 1. The molecule has 2 atom stereocenters. The van der Waals surface area contributed by atoms with Gasteiger partial charge in [-0.2, -0.15) is 0 Å². The highest BCUT2D eigenvalue weighted by atomic mass is 35.5. The van der Waals surface area contributed by atoms with Gasteiger partial charge in [-0.25, -0.2) is 9.50 Å². The first-order chi connectivity index (χ1) is 12.1. The zero-order valence-electron chi connectivity index (χ0n) is 13.5. The molecular formula is C17H18ClN5OS. The average Bonchev–Trinajstić information content (AvgIpc) is 3.14. The number of carbonyl (C=O) groups is 1. The van der Waals surface area contributed by atoms with E-state index in [2.05, 4.69) is 15.4 Å². The molecule has 1 fully saturated rings. The fourth-order valence-electron chi connectivity index (χ4n) is 3.27. The van der Waals surface area contributed by atoms with Gasteiger partial charge in [0.25, 0.3) is 0 Å². The standard InChI is InChI=1S/C17H18ClN5OS/c18-12-6-4-10(5-7-12)14-9-23-17(21-14)25-16(22-23)20-13-3-1-2-11(8-13)15(19)24/h4-7,9,11,13H,1-3,8H2,(H2,19,24)(H,20,22). The third kappa shape index (κ3) is 3.48. The summed E-state index contributed by atoms with van der Waals surface area (Å²) in [7, 11) is 0. The van der Waals surface area contributed by atoms with E-state index in [-0.39, 0.29) is 17.9 Å². The third-order valence-electron chi connectivity index (χ3n) is 4.59. The van der Waals surface area contributed by atoms with Crippen LogP contribution in [0.5, 0.6) is 0 Å². The van der Waals surface area contributed by atoms with E-state index in [1.54, 1.807) is 4.52 Å². The number of carbonyl (C=O) groups excluding carboxylic acids is 1. The molecule has 1 aromatic carbocycles. The van der Waals surface area contributed by atoms with Crippen LogP contribution in [0.15, 0.2) is 30.5 Å². The van der Waals surface area contributed by atoms with Crippen molar-refractivity contribution in [3.8, 4) is 11.3 Å². The number of aromatic nitrogens is 3. The summed E-state index contributed by atoms with van der Waals surface area (Å²) in [5.41, 5.74) is 7.32. The van der Waals surface area contributed by atoms with Gasteiger partial charge in [0.15, 0.2) is 0 Å². The number of hydrogen-bond acceptors (Lipinski definition) is 5. The molecule has 4 rings (SSSR count). The van der Waals surface area contributed by atoms with Crippen LogP contribution in [-0.2, 0) is 4.79 Å². The van der Waals surface area contributed by atoms with E-state index in [4.69, 9.17) is 17.3 Å². The maximum Gasteiger partial charge on any atom is 0.220 e. The Morgan fingerprint density at radius 2 is 2.12 bits per heavy atom. The fourth-order valence-corrected chi connectivity index (χ4v) is 4.26. The monoisotopic (exact) mass is 375 g/mol. The van der Waals surface area contributed by atoms with Gasteiger partial charge in [0.1, 0.15) is 0 Å². The molecule has 130 valence electrons. The van der Waals surface area contributed by atoms with Crippen molar-refractivity contribution in [3.63, 3.8) is 0 Å². The maximum atomic E-state index is 11.4. The Hall–Kier alpha value is -2.12. The van der Waals surface area contributed by atoms with E-state index in [0.717, 1.165) is 47.0 Å². The van der Waals surface area contributed by atoms with Gasteiger partial charge in [-0.3, -0.25) is 4.79 Å². The van der Waals surface area contributed by atoms with Gasteiger partial charge >= 0.3 is 0 Å². The van der Waals surface area contributed by atoms with Gasteiger partial charge in [-0.05, 0) is 31.4 Å². The van der Waals surface area contributed by atoms with Crippen molar-refractivity contribution in [1.29, 1.82) is 0 Å². The summed E-state index contributed by atoms with van der Waals surface area (Å²) >= 11 is 7.43. The molecule has 3 N–H and O–H groups in total. The van der Waals surface area contributed by atoms with Gasteiger partial charge in [0.2, 0.25) is 16.0 Å². The van der Waals surface area contributed by atoms with E-state index in [1.165, 1.54) is 11.3 Å². The molecule has 0 aliphatic heterocycles. The molecule has 0 saturated heterocycles. The van der Waals surface area contributed by atoms with Crippen molar-refractivity contribution in [3.05, 3.63) is 35.5 Å². The number of rotatable bonds is 4. The van der Waals surface area contributed by atoms with Crippen molar-refractivity contribution in [2.45, 2.75) is 31.7 Å². The molecule has 6 nitrogen and oxygen atoms in total. The van der Waals surface area contributed by atoms with Crippen LogP contribution in [-0.4, -0.2) is 26.5 Å². The summed E-state index contributed by atoms with van der Waals surface area (Å²) in [5.74, 6) is -0.236. The first-order valence-electron chi connectivity index (χ1n) is 8.26. The van der Waals surface area contributed by atoms with Crippen LogP contribution in [0.3, 0.4) is 0 Å². The van der Waals surface area contributed by atoms with Crippen LogP contribution >= 0.6 is 22.9 Å². The predicted molar refractivity (Wildman–Crippen MR) is 99.9 cm³/mol. The number of hydrogen-bond donors (Lipinski definition) is 2. The lowest BCUT2D eigenvalue weighted by molar-refractivity contribution is -0.122. The van der Waals surface area contributed by atoms with Gasteiger partial charge in [-0.1, -0.05) is 41.5 Å². The molecule has 1 saturated carbocycles. The summed E-state index contributed by atoms with van der Waals surface area (Å²) < 4.78 is 1.78.